The first-order valence-corrected chi connectivity index (χ1v) is 2.66. The number of carbonyl (C=O) groups is 1. The molecule has 52 valence electrons. The van der Waals surface area contributed by atoms with Gasteiger partial charge in [0.15, 0.2) is 0 Å². The zero-order valence-corrected chi connectivity index (χ0v) is 9.13. The van der Waals surface area contributed by atoms with Gasteiger partial charge >= 0.3 is 51.4 Å². The maximum atomic E-state index is 12.3. The van der Waals surface area contributed by atoms with Crippen LogP contribution in [-0.2, 0) is 0 Å². The number of aldehydes is 1. The van der Waals surface area contributed by atoms with E-state index in [4.69, 9.17) is 0 Å². The molecule has 1 aromatic rings. The number of rotatable bonds is 1. The standard InChI is InChI=1S/C7H5FO2.K/c8-6-3-5(4-9)1-2-7(6)10;/h1-4,10H;/q;+1/p-1. The summed E-state index contributed by atoms with van der Waals surface area (Å²) < 4.78 is 12.3. The van der Waals surface area contributed by atoms with E-state index in [1.54, 1.807) is 0 Å². The summed E-state index contributed by atoms with van der Waals surface area (Å²) in [6.45, 7) is 0. The zero-order valence-electron chi connectivity index (χ0n) is 6.00. The van der Waals surface area contributed by atoms with Crippen LogP contribution in [-0.4, -0.2) is 6.29 Å². The summed E-state index contributed by atoms with van der Waals surface area (Å²) in [5, 5.41) is 10.4. The molecule has 0 aliphatic heterocycles. The van der Waals surface area contributed by atoms with E-state index in [0.717, 1.165) is 12.1 Å². The van der Waals surface area contributed by atoms with Crippen molar-refractivity contribution in [2.75, 3.05) is 0 Å². The van der Waals surface area contributed by atoms with Gasteiger partial charge in [0.25, 0.3) is 0 Å². The molecule has 0 spiro atoms. The van der Waals surface area contributed by atoms with Crippen LogP contribution in [0.1, 0.15) is 10.4 Å². The Morgan fingerprint density at radius 3 is 2.55 bits per heavy atom. The van der Waals surface area contributed by atoms with Crippen molar-refractivity contribution in [2.45, 2.75) is 0 Å². The predicted molar refractivity (Wildman–Crippen MR) is 31.2 cm³/mol. The molecule has 1 aromatic carbocycles. The minimum Gasteiger partial charge on any atom is -0.870 e. The molecule has 0 bridgehead atoms. The molecule has 0 aliphatic rings. The van der Waals surface area contributed by atoms with Gasteiger partial charge in [-0.05, 0) is 6.07 Å². The maximum Gasteiger partial charge on any atom is 1.00 e. The van der Waals surface area contributed by atoms with E-state index in [-0.39, 0.29) is 56.9 Å². The smallest absolute Gasteiger partial charge is 0.870 e. The normalized spacial score (nSPS) is 8.45. The van der Waals surface area contributed by atoms with Crippen molar-refractivity contribution < 1.29 is 65.7 Å². The summed E-state index contributed by atoms with van der Waals surface area (Å²) in [4.78, 5) is 10.0. The molecule has 0 saturated heterocycles. The third kappa shape index (κ3) is 3.00. The minimum atomic E-state index is -0.885. The van der Waals surface area contributed by atoms with E-state index in [0.29, 0.717) is 6.29 Å². The molecule has 4 heteroatoms. The predicted octanol–water partition coefficient (Wildman–Crippen LogP) is -2.28. The number of hydrogen-bond acceptors (Lipinski definition) is 2. The van der Waals surface area contributed by atoms with Crippen molar-refractivity contribution in [3.05, 3.63) is 29.6 Å². The molecule has 1 rings (SSSR count). The van der Waals surface area contributed by atoms with E-state index in [2.05, 4.69) is 0 Å². The van der Waals surface area contributed by atoms with Crippen molar-refractivity contribution in [3.8, 4) is 5.75 Å². The van der Waals surface area contributed by atoms with Gasteiger partial charge in [-0.3, -0.25) is 4.79 Å². The Labute approximate surface area is 106 Å². The largest absolute Gasteiger partial charge is 1.00 e. The van der Waals surface area contributed by atoms with Crippen molar-refractivity contribution in [1.29, 1.82) is 0 Å². The first-order chi connectivity index (χ1) is 4.74. The minimum absolute atomic E-state index is 0. The van der Waals surface area contributed by atoms with E-state index in [1.165, 1.54) is 6.07 Å². The van der Waals surface area contributed by atoms with E-state index >= 15 is 0 Å². The van der Waals surface area contributed by atoms with Gasteiger partial charge < -0.3 is 5.11 Å². The molecule has 0 amide bonds. The van der Waals surface area contributed by atoms with Gasteiger partial charge in [0.05, 0.1) is 0 Å². The summed E-state index contributed by atoms with van der Waals surface area (Å²) in [6.07, 6.45) is 0.489. The third-order valence-corrected chi connectivity index (χ3v) is 1.09. The monoisotopic (exact) mass is 178 g/mol. The van der Waals surface area contributed by atoms with Crippen LogP contribution in [0.3, 0.4) is 0 Å². The van der Waals surface area contributed by atoms with Crippen LogP contribution in [0.5, 0.6) is 5.75 Å². The fourth-order valence-electron chi connectivity index (χ4n) is 0.590. The third-order valence-electron chi connectivity index (χ3n) is 1.09. The van der Waals surface area contributed by atoms with Crippen LogP contribution >= 0.6 is 0 Å². The molecule has 0 saturated carbocycles. The van der Waals surface area contributed by atoms with Crippen LogP contribution in [0.2, 0.25) is 0 Å². The molecule has 11 heavy (non-hydrogen) atoms. The first kappa shape index (κ1) is 11.3. The fourth-order valence-corrected chi connectivity index (χ4v) is 0.590. The van der Waals surface area contributed by atoms with Crippen molar-refractivity contribution in [3.63, 3.8) is 0 Å². The van der Waals surface area contributed by atoms with Crippen molar-refractivity contribution in [2.24, 2.45) is 0 Å². The number of carbonyl (C=O) groups excluding carboxylic acids is 1. The molecule has 0 fully saturated rings. The van der Waals surface area contributed by atoms with Crippen molar-refractivity contribution >= 4 is 6.29 Å². The first-order valence-electron chi connectivity index (χ1n) is 2.66. The van der Waals surface area contributed by atoms with E-state index in [1.807, 2.05) is 0 Å². The number of benzene rings is 1. The van der Waals surface area contributed by atoms with E-state index in [9.17, 15) is 14.3 Å². The summed E-state index contributed by atoms with van der Waals surface area (Å²) in [7, 11) is 0. The van der Waals surface area contributed by atoms with Crippen LogP contribution < -0.4 is 56.5 Å². The Balaban J connectivity index is 0.000001000. The maximum absolute atomic E-state index is 12.3. The molecule has 0 unspecified atom stereocenters. The molecular weight excluding hydrogens is 174 g/mol. The molecule has 2 nitrogen and oxygen atoms in total. The van der Waals surface area contributed by atoms with Gasteiger partial charge in [0, 0.05) is 5.56 Å². The van der Waals surface area contributed by atoms with Crippen LogP contribution in [0.4, 0.5) is 4.39 Å². The van der Waals surface area contributed by atoms with Gasteiger partial charge in [-0.25, -0.2) is 4.39 Å². The van der Waals surface area contributed by atoms with Gasteiger partial charge in [-0.15, -0.1) is 0 Å². The molecule has 0 aromatic heterocycles. The Kier molecular flexibility index (Phi) is 5.12. The van der Waals surface area contributed by atoms with Gasteiger partial charge in [0.2, 0.25) is 0 Å². The van der Waals surface area contributed by atoms with Crippen LogP contribution in [0.15, 0.2) is 18.2 Å². The van der Waals surface area contributed by atoms with Crippen LogP contribution in [0.25, 0.3) is 0 Å². The Morgan fingerprint density at radius 1 is 1.45 bits per heavy atom. The quantitative estimate of drug-likeness (QED) is 0.359. The molecule has 0 heterocycles. The zero-order chi connectivity index (χ0) is 7.56. The van der Waals surface area contributed by atoms with Crippen LogP contribution in [0, 0.1) is 5.82 Å². The molecule has 0 radical (unpaired) electrons. The Bertz CT molecular complexity index is 263. The Hall–Kier alpha value is 0.256. The van der Waals surface area contributed by atoms with Gasteiger partial charge in [-0.1, -0.05) is 17.9 Å². The molecule has 0 aliphatic carbocycles. The van der Waals surface area contributed by atoms with Crippen molar-refractivity contribution in [1.82, 2.24) is 0 Å². The average Bonchev–Trinajstić information content (AvgIpc) is 1.95. The summed E-state index contributed by atoms with van der Waals surface area (Å²) in [5.41, 5.74) is 0.178. The number of halogens is 1. The SMILES string of the molecule is O=Cc1ccc([O-])c(F)c1.[K+]. The second-order valence-corrected chi connectivity index (χ2v) is 1.81. The van der Waals surface area contributed by atoms with E-state index < -0.39 is 11.6 Å². The molecular formula is C7H4FKO2. The molecule has 0 N–H and O–H groups in total. The second kappa shape index (κ2) is 5.00. The molecule has 0 atom stereocenters. The summed E-state index contributed by atoms with van der Waals surface area (Å²) in [6, 6.07) is 3.22. The van der Waals surface area contributed by atoms with Gasteiger partial charge in [-0.2, -0.15) is 0 Å². The fraction of sp³-hybridized carbons (Fsp3) is 0. The average molecular weight is 178 g/mol. The summed E-state index contributed by atoms with van der Waals surface area (Å²) >= 11 is 0. The Morgan fingerprint density at radius 2 is 2.09 bits per heavy atom. The summed E-state index contributed by atoms with van der Waals surface area (Å²) in [5.74, 6) is -1.57. The second-order valence-electron chi connectivity index (χ2n) is 1.81. The van der Waals surface area contributed by atoms with Gasteiger partial charge in [0.1, 0.15) is 12.1 Å². The topological polar surface area (TPSA) is 40.1 Å². The number of hydrogen-bond donors (Lipinski definition) is 0.